The lowest BCUT2D eigenvalue weighted by atomic mass is 10.1. The highest BCUT2D eigenvalue weighted by molar-refractivity contribution is 7.80. The van der Waals surface area contributed by atoms with Crippen molar-refractivity contribution in [3.05, 3.63) is 58.4 Å². The number of anilines is 1. The third-order valence-electron chi connectivity index (χ3n) is 5.86. The van der Waals surface area contributed by atoms with Gasteiger partial charge in [-0.3, -0.25) is 18.2 Å². The van der Waals surface area contributed by atoms with Crippen molar-refractivity contribution in [2.24, 2.45) is 0 Å². The summed E-state index contributed by atoms with van der Waals surface area (Å²) in [5.74, 6) is -1.21. The number of rotatable bonds is 10. The third-order valence-corrected chi connectivity index (χ3v) is 6.75. The van der Waals surface area contributed by atoms with Gasteiger partial charge in [0, 0.05) is 19.1 Å². The molecule has 2 aromatic carbocycles. The molecular formula is C27H32FN5O6S. The molecule has 40 heavy (non-hydrogen) atoms. The number of nitrogens with zero attached hydrogens (tertiary/aromatic N) is 4. The van der Waals surface area contributed by atoms with Crippen molar-refractivity contribution >= 4 is 34.0 Å². The quantitative estimate of drug-likeness (QED) is 0.258. The average molecular weight is 574 g/mol. The Morgan fingerprint density at radius 1 is 1.32 bits per heavy atom. The Kier molecular flexibility index (Phi) is 9.83. The smallest absolute Gasteiger partial charge is 0.407 e. The van der Waals surface area contributed by atoms with Crippen LogP contribution < -0.4 is 19.9 Å². The minimum atomic E-state index is -2.47. The number of benzene rings is 2. The summed E-state index contributed by atoms with van der Waals surface area (Å²) in [7, 11) is 0. The first-order chi connectivity index (χ1) is 18.9. The molecule has 0 aliphatic carbocycles. The Morgan fingerprint density at radius 2 is 2.05 bits per heavy atom. The highest BCUT2D eigenvalue weighted by atomic mass is 32.2. The predicted octanol–water partition coefficient (Wildman–Crippen LogP) is 4.86. The number of hydrogen-bond acceptors (Lipinski definition) is 7. The molecule has 0 saturated heterocycles. The Hall–Kier alpha value is -4.02. The molecule has 0 radical (unpaired) electrons. The maximum atomic E-state index is 14.9. The van der Waals surface area contributed by atoms with Crippen LogP contribution in [0.1, 0.15) is 53.0 Å². The van der Waals surface area contributed by atoms with E-state index in [-0.39, 0.29) is 41.0 Å². The largest absolute Gasteiger partial charge is 0.453 e. The number of carbonyl (C=O) groups excluding carboxylic acids is 1. The van der Waals surface area contributed by atoms with Gasteiger partial charge in [0.15, 0.2) is 11.6 Å². The van der Waals surface area contributed by atoms with Gasteiger partial charge in [-0.15, -0.1) is 0 Å². The number of ether oxygens (including phenoxy) is 2. The summed E-state index contributed by atoms with van der Waals surface area (Å²) in [4.78, 5) is 29.2. The maximum Gasteiger partial charge on any atom is 0.407 e. The maximum absolute atomic E-state index is 14.9. The Labute approximate surface area is 233 Å². The predicted molar refractivity (Wildman–Crippen MR) is 149 cm³/mol. The van der Waals surface area contributed by atoms with E-state index in [2.05, 4.69) is 10.3 Å². The summed E-state index contributed by atoms with van der Waals surface area (Å²) >= 11 is -2.47. The monoisotopic (exact) mass is 573 g/mol. The lowest BCUT2D eigenvalue weighted by Crippen LogP contribution is -2.34. The highest BCUT2D eigenvalue weighted by Gasteiger charge is 2.26. The molecule has 2 N–H and O–H groups in total. The molecule has 0 spiro atoms. The molecular weight excluding hydrogens is 541 g/mol. The topological polar surface area (TPSA) is 147 Å². The van der Waals surface area contributed by atoms with Gasteiger partial charge in [-0.1, -0.05) is 6.92 Å². The Bertz CT molecular complexity index is 1510. The number of alkyl carbamates (subject to hydrolysis) is 1. The number of halogens is 1. The molecule has 11 nitrogen and oxygen atoms in total. The standard InChI is InChI=1S/C27H32FN5O6S/c1-6-17(2)33(40(36)37)23-11-9-21(28)24(20(23)15-29)38-18-8-10-22-19(14-18)25(34)32(16-31-22)13-7-12-30-26(35)39-27(3,4)5/h8-11,14,16-17H,6-7,12-13H2,1-5H3,(H,30,35)(H,36,37). The molecule has 1 amide bonds. The van der Waals surface area contributed by atoms with Crippen LogP contribution in [0.15, 0.2) is 41.5 Å². The second-order valence-corrected chi connectivity index (χ2v) is 10.9. The fraction of sp³-hybridized carbons (Fsp3) is 0.407. The molecule has 214 valence electrons. The minimum absolute atomic E-state index is 0.0406. The SMILES string of the molecule is CCC(C)N(c1ccc(F)c(Oc2ccc3ncn(CCCNC(=O)OC(C)(C)C)c(=O)c3c2)c1C#N)S(=O)O. The van der Waals surface area contributed by atoms with E-state index in [1.807, 2.05) is 13.0 Å². The summed E-state index contributed by atoms with van der Waals surface area (Å²) < 4.78 is 50.2. The number of aryl methyl sites for hydroxylation is 1. The number of fused-ring (bicyclic) bond motifs is 1. The third kappa shape index (κ3) is 7.34. The lowest BCUT2D eigenvalue weighted by molar-refractivity contribution is 0.0526. The van der Waals surface area contributed by atoms with Crippen molar-refractivity contribution in [2.75, 3.05) is 10.8 Å². The summed E-state index contributed by atoms with van der Waals surface area (Å²) in [5, 5.41) is 12.7. The summed E-state index contributed by atoms with van der Waals surface area (Å²) in [6.07, 6.45) is 1.77. The molecule has 2 unspecified atom stereocenters. The molecule has 0 aliphatic heterocycles. The van der Waals surface area contributed by atoms with Crippen LogP contribution in [0.5, 0.6) is 11.5 Å². The van der Waals surface area contributed by atoms with Gasteiger partial charge in [-0.25, -0.2) is 18.4 Å². The van der Waals surface area contributed by atoms with Crippen molar-refractivity contribution in [1.82, 2.24) is 14.9 Å². The highest BCUT2D eigenvalue weighted by Crippen LogP contribution is 2.36. The van der Waals surface area contributed by atoms with E-state index in [1.165, 1.54) is 35.2 Å². The zero-order chi connectivity index (χ0) is 29.6. The van der Waals surface area contributed by atoms with E-state index in [0.717, 1.165) is 10.4 Å². The normalized spacial score (nSPS) is 12.8. The molecule has 0 aliphatic rings. The molecule has 3 rings (SSSR count). The molecule has 1 heterocycles. The number of nitriles is 1. The van der Waals surface area contributed by atoms with Crippen LogP contribution in [-0.2, 0) is 22.5 Å². The number of carbonyl (C=O) groups is 1. The number of aromatic nitrogens is 2. The molecule has 3 aromatic rings. The zero-order valence-electron chi connectivity index (χ0n) is 22.9. The van der Waals surface area contributed by atoms with Crippen molar-refractivity contribution in [1.29, 1.82) is 5.26 Å². The van der Waals surface area contributed by atoms with Crippen molar-refractivity contribution in [3.63, 3.8) is 0 Å². The van der Waals surface area contributed by atoms with E-state index in [4.69, 9.17) is 9.47 Å². The van der Waals surface area contributed by atoms with Gasteiger partial charge < -0.3 is 14.8 Å². The lowest BCUT2D eigenvalue weighted by Gasteiger charge is -2.27. The fourth-order valence-corrected chi connectivity index (χ4v) is 4.59. The van der Waals surface area contributed by atoms with Crippen molar-refractivity contribution in [3.8, 4) is 17.6 Å². The molecule has 1 aromatic heterocycles. The van der Waals surface area contributed by atoms with Crippen LogP contribution in [0.25, 0.3) is 10.9 Å². The van der Waals surface area contributed by atoms with Crippen LogP contribution >= 0.6 is 0 Å². The van der Waals surface area contributed by atoms with Crippen LogP contribution in [0.2, 0.25) is 0 Å². The fourth-order valence-electron chi connectivity index (χ4n) is 3.81. The van der Waals surface area contributed by atoms with Gasteiger partial charge in [0.2, 0.25) is 0 Å². The summed E-state index contributed by atoms with van der Waals surface area (Å²) in [6, 6.07) is 8.15. The number of hydrogen-bond donors (Lipinski definition) is 2. The molecule has 0 bridgehead atoms. The van der Waals surface area contributed by atoms with Gasteiger partial charge in [-0.2, -0.15) is 5.26 Å². The van der Waals surface area contributed by atoms with Gasteiger partial charge in [0.1, 0.15) is 23.0 Å². The second kappa shape index (κ2) is 12.9. The Morgan fingerprint density at radius 3 is 2.67 bits per heavy atom. The van der Waals surface area contributed by atoms with E-state index in [1.54, 1.807) is 27.7 Å². The van der Waals surface area contributed by atoms with E-state index in [9.17, 15) is 28.0 Å². The van der Waals surface area contributed by atoms with Crippen molar-refractivity contribution < 1.29 is 27.4 Å². The average Bonchev–Trinajstić information content (AvgIpc) is 2.88. The van der Waals surface area contributed by atoms with Gasteiger partial charge in [0.05, 0.1) is 22.9 Å². The Balaban J connectivity index is 1.87. The molecule has 13 heteroatoms. The van der Waals surface area contributed by atoms with Crippen LogP contribution in [0.3, 0.4) is 0 Å². The van der Waals surface area contributed by atoms with E-state index < -0.39 is 40.6 Å². The number of amides is 1. The first-order valence-corrected chi connectivity index (χ1v) is 13.7. The van der Waals surface area contributed by atoms with Gasteiger partial charge in [0.25, 0.3) is 16.8 Å². The molecule has 0 saturated carbocycles. The zero-order valence-corrected chi connectivity index (χ0v) is 23.7. The first-order valence-electron chi connectivity index (χ1n) is 12.6. The number of nitrogens with one attached hydrogen (secondary N) is 1. The second-order valence-electron chi connectivity index (χ2n) is 10.0. The minimum Gasteiger partial charge on any atom is -0.453 e. The molecule has 2 atom stereocenters. The van der Waals surface area contributed by atoms with Crippen LogP contribution in [0.4, 0.5) is 14.9 Å². The molecule has 0 fully saturated rings. The summed E-state index contributed by atoms with van der Waals surface area (Å²) in [5.41, 5.74) is -0.829. The van der Waals surface area contributed by atoms with Gasteiger partial charge in [-0.05, 0) is 70.9 Å². The van der Waals surface area contributed by atoms with Crippen molar-refractivity contribution in [2.45, 2.75) is 65.6 Å². The van der Waals surface area contributed by atoms with Crippen LogP contribution in [-0.4, -0.2) is 42.6 Å². The van der Waals surface area contributed by atoms with E-state index >= 15 is 0 Å². The van der Waals surface area contributed by atoms with E-state index in [0.29, 0.717) is 18.4 Å². The first kappa shape index (κ1) is 30.5. The van der Waals surface area contributed by atoms with Crippen LogP contribution in [0, 0.1) is 17.1 Å². The summed E-state index contributed by atoms with van der Waals surface area (Å²) in [6.45, 7) is 9.34. The van der Waals surface area contributed by atoms with Gasteiger partial charge >= 0.3 is 6.09 Å².